The van der Waals surface area contributed by atoms with E-state index in [1.54, 1.807) is 30.5 Å². The summed E-state index contributed by atoms with van der Waals surface area (Å²) in [6.07, 6.45) is 1.70. The average molecular weight is 307 g/mol. The number of nitrogens with one attached hydrogen (secondary N) is 1. The number of anilines is 2. The second-order valence-electron chi connectivity index (χ2n) is 3.76. The first kappa shape index (κ1) is 12.6. The van der Waals surface area contributed by atoms with Crippen molar-refractivity contribution in [2.75, 3.05) is 5.32 Å². The van der Waals surface area contributed by atoms with Gasteiger partial charge in [0.1, 0.15) is 0 Å². The number of hydrogen-bond donors (Lipinski definition) is 2. The number of hydrogen-bond acceptors (Lipinski definition) is 3. The van der Waals surface area contributed by atoms with Crippen molar-refractivity contribution in [1.82, 2.24) is 4.98 Å². The molecule has 0 spiro atoms. The van der Waals surface area contributed by atoms with Crippen LogP contribution in [0.3, 0.4) is 0 Å². The zero-order valence-corrected chi connectivity index (χ0v) is 11.2. The lowest BCUT2D eigenvalue weighted by Gasteiger charge is -2.11. The minimum absolute atomic E-state index is 0.233. The van der Waals surface area contributed by atoms with Gasteiger partial charge >= 0.3 is 5.97 Å². The number of carboxylic acid groups (broad SMARTS) is 1. The number of pyridine rings is 1. The number of aromatic nitrogens is 1. The summed E-state index contributed by atoms with van der Waals surface area (Å²) in [6.45, 7) is 1.86. The first-order valence-electron chi connectivity index (χ1n) is 5.29. The zero-order valence-electron chi connectivity index (χ0n) is 9.64. The first-order valence-corrected chi connectivity index (χ1v) is 6.08. The van der Waals surface area contributed by atoms with Gasteiger partial charge in [0.05, 0.1) is 22.6 Å². The van der Waals surface area contributed by atoms with E-state index in [9.17, 15) is 4.79 Å². The summed E-state index contributed by atoms with van der Waals surface area (Å²) in [7, 11) is 0. The van der Waals surface area contributed by atoms with E-state index in [2.05, 4.69) is 26.2 Å². The maximum Gasteiger partial charge on any atom is 0.337 e. The molecular formula is C13H11BrN2O2. The van der Waals surface area contributed by atoms with Gasteiger partial charge < -0.3 is 10.4 Å². The standard InChI is InChI=1S/C13H11BrN2O2/c1-8-12(6-9(14)7-15-8)16-11-5-3-2-4-10(11)13(17)18/h2-7,16H,1H3,(H,17,18). The summed E-state index contributed by atoms with van der Waals surface area (Å²) < 4.78 is 0.836. The fraction of sp³-hybridized carbons (Fsp3) is 0.0769. The normalized spacial score (nSPS) is 10.1. The number of nitrogens with zero attached hydrogens (tertiary/aromatic N) is 1. The maximum absolute atomic E-state index is 11.1. The van der Waals surface area contributed by atoms with Gasteiger partial charge in [0.15, 0.2) is 0 Å². The summed E-state index contributed by atoms with van der Waals surface area (Å²) in [5.41, 5.74) is 2.36. The Morgan fingerprint density at radius 3 is 2.78 bits per heavy atom. The molecule has 4 nitrogen and oxygen atoms in total. The van der Waals surface area contributed by atoms with Crippen LogP contribution in [0.1, 0.15) is 16.1 Å². The molecule has 1 aromatic heterocycles. The lowest BCUT2D eigenvalue weighted by atomic mass is 10.1. The van der Waals surface area contributed by atoms with Gasteiger partial charge in [-0.15, -0.1) is 0 Å². The molecule has 18 heavy (non-hydrogen) atoms. The van der Waals surface area contributed by atoms with Gasteiger partial charge in [-0.2, -0.15) is 0 Å². The first-order chi connectivity index (χ1) is 8.58. The van der Waals surface area contributed by atoms with Crippen molar-refractivity contribution in [3.8, 4) is 0 Å². The molecule has 0 amide bonds. The van der Waals surface area contributed by atoms with Gasteiger partial charge in [-0.3, -0.25) is 4.98 Å². The van der Waals surface area contributed by atoms with Crippen molar-refractivity contribution < 1.29 is 9.90 Å². The van der Waals surface area contributed by atoms with Crippen LogP contribution in [0.25, 0.3) is 0 Å². The quantitative estimate of drug-likeness (QED) is 0.909. The second-order valence-corrected chi connectivity index (χ2v) is 4.68. The molecule has 0 unspecified atom stereocenters. The third-order valence-electron chi connectivity index (χ3n) is 2.48. The molecule has 0 fully saturated rings. The largest absolute Gasteiger partial charge is 0.478 e. The SMILES string of the molecule is Cc1ncc(Br)cc1Nc1ccccc1C(=O)O. The lowest BCUT2D eigenvalue weighted by molar-refractivity contribution is 0.0698. The van der Waals surface area contributed by atoms with Crippen LogP contribution in [0.15, 0.2) is 41.0 Å². The molecule has 0 radical (unpaired) electrons. The molecule has 0 aliphatic carbocycles. The van der Waals surface area contributed by atoms with E-state index < -0.39 is 5.97 Å². The molecule has 1 aromatic carbocycles. The Hall–Kier alpha value is -1.88. The van der Waals surface area contributed by atoms with E-state index in [1.807, 2.05) is 13.0 Å². The number of benzene rings is 1. The lowest BCUT2D eigenvalue weighted by Crippen LogP contribution is -2.03. The number of rotatable bonds is 3. The molecule has 5 heteroatoms. The summed E-state index contributed by atoms with van der Waals surface area (Å²) in [4.78, 5) is 15.3. The van der Waals surface area contributed by atoms with Crippen LogP contribution in [0.2, 0.25) is 0 Å². The molecule has 2 aromatic rings. The maximum atomic E-state index is 11.1. The van der Waals surface area contributed by atoms with Crippen LogP contribution in [0, 0.1) is 6.92 Å². The molecule has 0 saturated heterocycles. The Morgan fingerprint density at radius 2 is 2.06 bits per heavy atom. The van der Waals surface area contributed by atoms with Gasteiger partial charge in [-0.05, 0) is 41.1 Å². The number of aryl methyl sites for hydroxylation is 1. The monoisotopic (exact) mass is 306 g/mol. The minimum Gasteiger partial charge on any atom is -0.478 e. The molecule has 92 valence electrons. The van der Waals surface area contributed by atoms with E-state index in [4.69, 9.17) is 5.11 Å². The Bertz CT molecular complexity index is 599. The Balaban J connectivity index is 2.40. The van der Waals surface area contributed by atoms with Gasteiger partial charge in [0.25, 0.3) is 0 Å². The molecular weight excluding hydrogens is 296 g/mol. The Labute approximate surface area is 113 Å². The van der Waals surface area contributed by atoms with Crippen molar-refractivity contribution >= 4 is 33.3 Å². The van der Waals surface area contributed by atoms with Gasteiger partial charge in [-0.1, -0.05) is 12.1 Å². The highest BCUT2D eigenvalue weighted by Crippen LogP contribution is 2.24. The number of aromatic carboxylic acids is 1. The molecule has 0 atom stereocenters. The highest BCUT2D eigenvalue weighted by molar-refractivity contribution is 9.10. The average Bonchev–Trinajstić information content (AvgIpc) is 2.34. The number of carbonyl (C=O) groups is 1. The van der Waals surface area contributed by atoms with Gasteiger partial charge in [-0.25, -0.2) is 4.79 Å². The zero-order chi connectivity index (χ0) is 13.1. The van der Waals surface area contributed by atoms with Crippen LogP contribution < -0.4 is 5.32 Å². The van der Waals surface area contributed by atoms with E-state index in [0.29, 0.717) is 5.69 Å². The third kappa shape index (κ3) is 2.68. The van der Waals surface area contributed by atoms with Crippen LogP contribution in [0.5, 0.6) is 0 Å². The van der Waals surface area contributed by atoms with Crippen LogP contribution in [0.4, 0.5) is 11.4 Å². The Kier molecular flexibility index (Phi) is 3.62. The summed E-state index contributed by atoms with van der Waals surface area (Å²) >= 11 is 3.34. The highest BCUT2D eigenvalue weighted by Gasteiger charge is 2.10. The van der Waals surface area contributed by atoms with Gasteiger partial charge in [0.2, 0.25) is 0 Å². The van der Waals surface area contributed by atoms with Crippen LogP contribution in [-0.4, -0.2) is 16.1 Å². The number of carboxylic acids is 1. The van der Waals surface area contributed by atoms with Crippen molar-refractivity contribution in [2.45, 2.75) is 6.92 Å². The van der Waals surface area contributed by atoms with Crippen molar-refractivity contribution in [2.24, 2.45) is 0 Å². The van der Waals surface area contributed by atoms with Crippen molar-refractivity contribution in [1.29, 1.82) is 0 Å². The van der Waals surface area contributed by atoms with Crippen LogP contribution in [-0.2, 0) is 0 Å². The van der Waals surface area contributed by atoms with Gasteiger partial charge in [0, 0.05) is 10.7 Å². The predicted molar refractivity (Wildman–Crippen MR) is 73.4 cm³/mol. The summed E-state index contributed by atoms with van der Waals surface area (Å²) in [5, 5.41) is 12.2. The fourth-order valence-electron chi connectivity index (χ4n) is 1.56. The molecule has 0 bridgehead atoms. The molecule has 2 N–H and O–H groups in total. The third-order valence-corrected chi connectivity index (χ3v) is 2.91. The second kappa shape index (κ2) is 5.18. The van der Waals surface area contributed by atoms with E-state index in [1.165, 1.54) is 0 Å². The smallest absolute Gasteiger partial charge is 0.337 e. The molecule has 0 aliphatic rings. The molecule has 0 saturated carbocycles. The minimum atomic E-state index is -0.960. The highest BCUT2D eigenvalue weighted by atomic mass is 79.9. The molecule has 1 heterocycles. The van der Waals surface area contributed by atoms with E-state index >= 15 is 0 Å². The summed E-state index contributed by atoms with van der Waals surface area (Å²) in [5.74, 6) is -0.960. The van der Waals surface area contributed by atoms with Crippen molar-refractivity contribution in [3.63, 3.8) is 0 Å². The topological polar surface area (TPSA) is 62.2 Å². The van der Waals surface area contributed by atoms with E-state index in [0.717, 1.165) is 15.9 Å². The van der Waals surface area contributed by atoms with Crippen LogP contribution >= 0.6 is 15.9 Å². The molecule has 0 aliphatic heterocycles. The number of para-hydroxylation sites is 1. The Morgan fingerprint density at radius 1 is 1.33 bits per heavy atom. The number of halogens is 1. The molecule has 2 rings (SSSR count). The predicted octanol–water partition coefficient (Wildman–Crippen LogP) is 3.59. The fourth-order valence-corrected chi connectivity index (χ4v) is 1.89. The summed E-state index contributed by atoms with van der Waals surface area (Å²) in [6, 6.07) is 8.63. The van der Waals surface area contributed by atoms with E-state index in [-0.39, 0.29) is 5.56 Å². The van der Waals surface area contributed by atoms with Crippen molar-refractivity contribution in [3.05, 3.63) is 52.3 Å².